The molecule has 29 heavy (non-hydrogen) atoms. The Morgan fingerprint density at radius 1 is 1.14 bits per heavy atom. The summed E-state index contributed by atoms with van der Waals surface area (Å²) in [6, 6.07) is 16.1. The SMILES string of the molecule is O=C(CCSC1CCc2ccccc2NC1=O)NCCc1c[nH]c2ccccc12. The van der Waals surface area contributed by atoms with Crippen LogP contribution in [-0.4, -0.2) is 34.3 Å². The first kappa shape index (κ1) is 19.6. The van der Waals surface area contributed by atoms with E-state index >= 15 is 0 Å². The lowest BCUT2D eigenvalue weighted by Gasteiger charge is -2.12. The summed E-state index contributed by atoms with van der Waals surface area (Å²) in [6.45, 7) is 0.616. The molecule has 0 saturated carbocycles. The fraction of sp³-hybridized carbons (Fsp3) is 0.304. The molecule has 2 amide bonds. The number of aromatic nitrogens is 1. The van der Waals surface area contributed by atoms with Crippen LogP contribution in [0.2, 0.25) is 0 Å². The molecule has 6 heteroatoms. The number of anilines is 1. The Morgan fingerprint density at radius 3 is 2.90 bits per heavy atom. The fourth-order valence-electron chi connectivity index (χ4n) is 3.71. The Hall–Kier alpha value is -2.73. The van der Waals surface area contributed by atoms with E-state index in [0.29, 0.717) is 18.7 Å². The quantitative estimate of drug-likeness (QED) is 0.556. The third-order valence-electron chi connectivity index (χ3n) is 5.28. The molecule has 1 unspecified atom stereocenters. The molecule has 3 N–H and O–H groups in total. The third kappa shape index (κ3) is 4.82. The predicted octanol–water partition coefficient (Wildman–Crippen LogP) is 3.90. The van der Waals surface area contributed by atoms with Gasteiger partial charge in [0.05, 0.1) is 5.25 Å². The molecule has 1 aromatic heterocycles. The predicted molar refractivity (Wildman–Crippen MR) is 119 cm³/mol. The van der Waals surface area contributed by atoms with Crippen LogP contribution < -0.4 is 10.6 Å². The number of hydrogen-bond acceptors (Lipinski definition) is 3. The van der Waals surface area contributed by atoms with Crippen molar-refractivity contribution >= 4 is 40.2 Å². The minimum absolute atomic E-state index is 0.0367. The van der Waals surface area contributed by atoms with Crippen molar-refractivity contribution in [3.8, 4) is 0 Å². The minimum Gasteiger partial charge on any atom is -0.361 e. The van der Waals surface area contributed by atoms with E-state index in [2.05, 4.69) is 33.8 Å². The molecule has 4 rings (SSSR count). The molecule has 0 aliphatic carbocycles. The highest BCUT2D eigenvalue weighted by atomic mass is 32.2. The van der Waals surface area contributed by atoms with Gasteiger partial charge < -0.3 is 15.6 Å². The Balaban J connectivity index is 1.19. The molecule has 0 spiro atoms. The molecule has 2 heterocycles. The maximum atomic E-state index is 12.4. The van der Waals surface area contributed by atoms with Crippen LogP contribution in [0.5, 0.6) is 0 Å². The maximum Gasteiger partial charge on any atom is 0.237 e. The Morgan fingerprint density at radius 2 is 1.97 bits per heavy atom. The first-order valence-corrected chi connectivity index (χ1v) is 11.1. The number of thioether (sulfide) groups is 1. The van der Waals surface area contributed by atoms with Gasteiger partial charge in [0.1, 0.15) is 0 Å². The van der Waals surface area contributed by atoms with Crippen molar-refractivity contribution in [1.82, 2.24) is 10.3 Å². The van der Waals surface area contributed by atoms with Crippen LogP contribution in [0.3, 0.4) is 0 Å². The van der Waals surface area contributed by atoms with Crippen LogP contribution in [0.25, 0.3) is 10.9 Å². The highest BCUT2D eigenvalue weighted by molar-refractivity contribution is 8.00. The standard InChI is InChI=1S/C23H25N3O2S/c27-22(24-13-11-17-15-25-20-8-4-2-6-18(17)20)12-14-29-21-10-9-16-5-1-3-7-19(16)26-23(21)28/h1-8,15,21,25H,9-14H2,(H,24,27)(H,26,28). The summed E-state index contributed by atoms with van der Waals surface area (Å²) in [5.74, 6) is 0.724. The van der Waals surface area contributed by atoms with Gasteiger partial charge in [-0.2, -0.15) is 0 Å². The van der Waals surface area contributed by atoms with E-state index in [-0.39, 0.29) is 17.1 Å². The minimum atomic E-state index is -0.110. The number of benzene rings is 2. The molecule has 1 aliphatic heterocycles. The van der Waals surface area contributed by atoms with Gasteiger partial charge in [0, 0.05) is 41.5 Å². The van der Waals surface area contributed by atoms with Gasteiger partial charge in [0.25, 0.3) is 0 Å². The van der Waals surface area contributed by atoms with Crippen molar-refractivity contribution in [1.29, 1.82) is 0 Å². The molecule has 150 valence electrons. The van der Waals surface area contributed by atoms with E-state index in [0.717, 1.165) is 30.5 Å². The van der Waals surface area contributed by atoms with Gasteiger partial charge >= 0.3 is 0 Å². The third-order valence-corrected chi connectivity index (χ3v) is 6.58. The summed E-state index contributed by atoms with van der Waals surface area (Å²) < 4.78 is 0. The van der Waals surface area contributed by atoms with Gasteiger partial charge in [0.15, 0.2) is 0 Å². The van der Waals surface area contributed by atoms with Crippen molar-refractivity contribution < 1.29 is 9.59 Å². The van der Waals surface area contributed by atoms with Crippen LogP contribution in [0.1, 0.15) is 24.0 Å². The fourth-order valence-corrected chi connectivity index (χ4v) is 4.79. The highest BCUT2D eigenvalue weighted by Gasteiger charge is 2.23. The van der Waals surface area contributed by atoms with E-state index in [9.17, 15) is 9.59 Å². The molecular formula is C23H25N3O2S. The number of carbonyl (C=O) groups excluding carboxylic acids is 2. The van der Waals surface area contributed by atoms with Crippen LogP contribution in [0.4, 0.5) is 5.69 Å². The summed E-state index contributed by atoms with van der Waals surface area (Å²) in [6.07, 6.45) is 4.91. The molecule has 2 aromatic carbocycles. The number of aryl methyl sites for hydroxylation is 1. The average molecular weight is 408 g/mol. The Bertz CT molecular complexity index is 1010. The monoisotopic (exact) mass is 407 g/mol. The second-order valence-corrected chi connectivity index (χ2v) is 8.56. The van der Waals surface area contributed by atoms with Crippen molar-refractivity contribution in [3.05, 3.63) is 65.9 Å². The summed E-state index contributed by atoms with van der Waals surface area (Å²) in [4.78, 5) is 27.9. The number of hydrogen-bond donors (Lipinski definition) is 3. The Kier molecular flexibility index (Phi) is 6.20. The molecule has 3 aromatic rings. The molecule has 5 nitrogen and oxygen atoms in total. The lowest BCUT2D eigenvalue weighted by Crippen LogP contribution is -2.27. The normalized spacial score (nSPS) is 16.1. The van der Waals surface area contributed by atoms with Gasteiger partial charge in [-0.1, -0.05) is 36.4 Å². The van der Waals surface area contributed by atoms with E-state index in [1.165, 1.54) is 16.5 Å². The first-order valence-electron chi connectivity index (χ1n) is 10.0. The number of para-hydroxylation sites is 2. The van der Waals surface area contributed by atoms with E-state index < -0.39 is 0 Å². The van der Waals surface area contributed by atoms with Crippen molar-refractivity contribution in [2.24, 2.45) is 0 Å². The largest absolute Gasteiger partial charge is 0.361 e. The molecule has 1 atom stereocenters. The number of H-pyrrole nitrogens is 1. The lowest BCUT2D eigenvalue weighted by atomic mass is 10.1. The number of aromatic amines is 1. The van der Waals surface area contributed by atoms with E-state index in [1.54, 1.807) is 11.8 Å². The smallest absolute Gasteiger partial charge is 0.237 e. The van der Waals surface area contributed by atoms with Crippen molar-refractivity contribution in [2.45, 2.75) is 30.9 Å². The van der Waals surface area contributed by atoms with Gasteiger partial charge in [0.2, 0.25) is 11.8 Å². The average Bonchev–Trinajstić information content (AvgIpc) is 3.07. The summed E-state index contributed by atoms with van der Waals surface area (Å²) in [5.41, 5.74) is 4.42. The van der Waals surface area contributed by atoms with E-state index in [4.69, 9.17) is 0 Å². The lowest BCUT2D eigenvalue weighted by molar-refractivity contribution is -0.120. The molecule has 1 aliphatic rings. The molecule has 0 saturated heterocycles. The van der Waals surface area contributed by atoms with Crippen LogP contribution in [0.15, 0.2) is 54.7 Å². The number of rotatable bonds is 7. The number of nitrogens with one attached hydrogen (secondary N) is 3. The number of carbonyl (C=O) groups is 2. The van der Waals surface area contributed by atoms with E-state index in [1.807, 2.05) is 36.5 Å². The van der Waals surface area contributed by atoms with Gasteiger partial charge in [-0.05, 0) is 42.5 Å². The summed E-state index contributed by atoms with van der Waals surface area (Å²) in [5, 5.41) is 7.10. The van der Waals surface area contributed by atoms with Crippen LogP contribution >= 0.6 is 11.8 Å². The molecule has 0 bridgehead atoms. The first-order chi connectivity index (χ1) is 14.2. The zero-order chi connectivity index (χ0) is 20.1. The summed E-state index contributed by atoms with van der Waals surface area (Å²) >= 11 is 1.57. The van der Waals surface area contributed by atoms with Gasteiger partial charge in [-0.3, -0.25) is 9.59 Å². The van der Waals surface area contributed by atoms with Gasteiger partial charge in [-0.15, -0.1) is 11.8 Å². The van der Waals surface area contributed by atoms with Crippen molar-refractivity contribution in [3.63, 3.8) is 0 Å². The highest BCUT2D eigenvalue weighted by Crippen LogP contribution is 2.27. The van der Waals surface area contributed by atoms with Crippen LogP contribution in [0, 0.1) is 0 Å². The van der Waals surface area contributed by atoms with Crippen molar-refractivity contribution in [2.75, 3.05) is 17.6 Å². The molecule has 0 fully saturated rings. The second kappa shape index (κ2) is 9.18. The summed E-state index contributed by atoms with van der Waals surface area (Å²) in [7, 11) is 0. The zero-order valence-corrected chi connectivity index (χ0v) is 17.1. The Labute approximate surface area is 174 Å². The zero-order valence-electron chi connectivity index (χ0n) is 16.2. The second-order valence-electron chi connectivity index (χ2n) is 7.25. The number of fused-ring (bicyclic) bond motifs is 2. The number of amides is 2. The van der Waals surface area contributed by atoms with Gasteiger partial charge in [-0.25, -0.2) is 0 Å². The molecular weight excluding hydrogens is 382 g/mol. The maximum absolute atomic E-state index is 12.4. The molecule has 0 radical (unpaired) electrons. The van der Waals surface area contributed by atoms with Crippen LogP contribution in [-0.2, 0) is 22.4 Å². The topological polar surface area (TPSA) is 74.0 Å².